The second kappa shape index (κ2) is 6.12. The van der Waals surface area contributed by atoms with E-state index in [0.717, 1.165) is 0 Å². The second-order valence-corrected chi connectivity index (χ2v) is 6.13. The molecule has 26 heavy (non-hydrogen) atoms. The number of aliphatic carboxylic acids is 1. The molecule has 0 aromatic heterocycles. The summed E-state index contributed by atoms with van der Waals surface area (Å²) >= 11 is 0. The van der Waals surface area contributed by atoms with Crippen LogP contribution in [0.5, 0.6) is 0 Å². The van der Waals surface area contributed by atoms with Crippen molar-refractivity contribution in [3.63, 3.8) is 0 Å². The molecule has 1 aliphatic heterocycles. The largest absolute Gasteiger partial charge is 0.478 e. The van der Waals surface area contributed by atoms with Gasteiger partial charge in [-0.1, -0.05) is 19.8 Å². The standard InChI is InChI=1S/C15H15F8NO2/c1-2-3-4-7-24-9-6-5-8(11(25)26)12(16,17)10(9)13(18,19)14(20,21)15(24,22)23/h5-6,10H,2-4,7H2,1H3,(H,25,26). The van der Waals surface area contributed by atoms with Crippen LogP contribution in [0.15, 0.2) is 23.4 Å². The number of carboxylic acids is 1. The van der Waals surface area contributed by atoms with Crippen molar-refractivity contribution in [2.45, 2.75) is 50.0 Å². The summed E-state index contributed by atoms with van der Waals surface area (Å²) in [6.07, 6.45) is 1.15. The van der Waals surface area contributed by atoms with Crippen LogP contribution in [0.4, 0.5) is 35.1 Å². The van der Waals surface area contributed by atoms with E-state index in [1.165, 1.54) is 0 Å². The topological polar surface area (TPSA) is 40.5 Å². The number of hydrogen-bond acceptors (Lipinski definition) is 2. The lowest BCUT2D eigenvalue weighted by molar-refractivity contribution is -0.393. The molecular weight excluding hydrogens is 378 g/mol. The van der Waals surface area contributed by atoms with Crippen molar-refractivity contribution < 1.29 is 45.0 Å². The molecule has 0 amide bonds. The SMILES string of the molecule is CCCCCN1C2=CC=C(C(=O)O)C(F)(F)C2C(F)(F)C(F)(F)C1(F)F. The summed E-state index contributed by atoms with van der Waals surface area (Å²) in [5, 5.41) is 8.73. The van der Waals surface area contributed by atoms with Gasteiger partial charge >= 0.3 is 23.9 Å². The third kappa shape index (κ3) is 2.58. The first kappa shape index (κ1) is 20.5. The molecule has 1 N–H and O–H groups in total. The number of likely N-dealkylation sites (tertiary alicyclic amines) is 1. The molecule has 0 aromatic rings. The molecule has 0 spiro atoms. The fraction of sp³-hybridized carbons (Fsp3) is 0.667. The average molecular weight is 393 g/mol. The van der Waals surface area contributed by atoms with Crippen LogP contribution in [-0.4, -0.2) is 46.3 Å². The van der Waals surface area contributed by atoms with E-state index in [4.69, 9.17) is 5.11 Å². The van der Waals surface area contributed by atoms with Crippen LogP contribution in [0.25, 0.3) is 0 Å². The Morgan fingerprint density at radius 2 is 1.65 bits per heavy atom. The van der Waals surface area contributed by atoms with E-state index in [-0.39, 0.29) is 18.9 Å². The molecule has 0 aromatic carbocycles. The number of piperidine rings is 1. The molecule has 3 nitrogen and oxygen atoms in total. The minimum atomic E-state index is -6.13. The minimum Gasteiger partial charge on any atom is -0.478 e. The van der Waals surface area contributed by atoms with E-state index >= 15 is 0 Å². The summed E-state index contributed by atoms with van der Waals surface area (Å²) < 4.78 is 113. The van der Waals surface area contributed by atoms with Gasteiger partial charge in [0.1, 0.15) is 11.5 Å². The van der Waals surface area contributed by atoms with E-state index in [1.54, 1.807) is 6.92 Å². The predicted octanol–water partition coefficient (Wildman–Crippen LogP) is 4.52. The van der Waals surface area contributed by atoms with E-state index in [2.05, 4.69) is 0 Å². The van der Waals surface area contributed by atoms with E-state index in [0.29, 0.717) is 12.5 Å². The van der Waals surface area contributed by atoms with Crippen molar-refractivity contribution in [1.82, 2.24) is 4.90 Å². The van der Waals surface area contributed by atoms with Crippen molar-refractivity contribution in [2.24, 2.45) is 5.92 Å². The maximum atomic E-state index is 14.3. The van der Waals surface area contributed by atoms with Gasteiger partial charge in [-0.05, 0) is 18.6 Å². The maximum Gasteiger partial charge on any atom is 0.394 e. The zero-order chi connectivity index (χ0) is 20.1. The molecule has 148 valence electrons. The van der Waals surface area contributed by atoms with Crippen LogP contribution in [0.3, 0.4) is 0 Å². The zero-order valence-corrected chi connectivity index (χ0v) is 13.4. The van der Waals surface area contributed by atoms with Gasteiger partial charge in [0, 0.05) is 12.2 Å². The van der Waals surface area contributed by atoms with E-state index in [1.807, 2.05) is 0 Å². The van der Waals surface area contributed by atoms with Crippen molar-refractivity contribution in [3.05, 3.63) is 23.4 Å². The molecule has 0 radical (unpaired) electrons. The molecule has 1 saturated heterocycles. The van der Waals surface area contributed by atoms with Crippen molar-refractivity contribution in [3.8, 4) is 0 Å². The highest BCUT2D eigenvalue weighted by atomic mass is 19.3. The fourth-order valence-electron chi connectivity index (χ4n) is 3.09. The van der Waals surface area contributed by atoms with Crippen LogP contribution in [0, 0.1) is 5.92 Å². The Kier molecular flexibility index (Phi) is 4.83. The molecular formula is C15H15F8NO2. The third-order valence-corrected chi connectivity index (χ3v) is 4.46. The Hall–Kier alpha value is -1.81. The number of halogens is 8. The lowest BCUT2D eigenvalue weighted by Gasteiger charge is -2.52. The Balaban J connectivity index is 2.67. The number of allylic oxidation sites excluding steroid dienone is 3. The van der Waals surface area contributed by atoms with Crippen LogP contribution in [0.2, 0.25) is 0 Å². The van der Waals surface area contributed by atoms with Gasteiger partial charge < -0.3 is 10.0 Å². The minimum absolute atomic E-state index is 0.126. The molecule has 1 fully saturated rings. The highest BCUT2D eigenvalue weighted by Gasteiger charge is 2.84. The smallest absolute Gasteiger partial charge is 0.394 e. The highest BCUT2D eigenvalue weighted by molar-refractivity contribution is 5.89. The number of alkyl halides is 8. The zero-order valence-electron chi connectivity index (χ0n) is 13.4. The van der Waals surface area contributed by atoms with Gasteiger partial charge in [-0.15, -0.1) is 0 Å². The highest BCUT2D eigenvalue weighted by Crippen LogP contribution is 2.63. The van der Waals surface area contributed by atoms with Crippen LogP contribution >= 0.6 is 0 Å². The monoisotopic (exact) mass is 393 g/mol. The molecule has 11 heteroatoms. The Bertz CT molecular complexity index is 656. The van der Waals surface area contributed by atoms with Crippen molar-refractivity contribution in [2.75, 3.05) is 6.54 Å². The quantitative estimate of drug-likeness (QED) is 0.424. The Morgan fingerprint density at radius 1 is 1.08 bits per heavy atom. The second-order valence-electron chi connectivity index (χ2n) is 6.13. The third-order valence-electron chi connectivity index (χ3n) is 4.46. The first-order valence-electron chi connectivity index (χ1n) is 7.69. The van der Waals surface area contributed by atoms with Crippen molar-refractivity contribution >= 4 is 5.97 Å². The molecule has 1 aliphatic carbocycles. The maximum absolute atomic E-state index is 14.3. The molecule has 0 bridgehead atoms. The average Bonchev–Trinajstić information content (AvgIpc) is 2.48. The van der Waals surface area contributed by atoms with Gasteiger partial charge in [-0.25, -0.2) is 13.6 Å². The Morgan fingerprint density at radius 3 is 2.15 bits per heavy atom. The van der Waals surface area contributed by atoms with Crippen LogP contribution in [0.1, 0.15) is 26.2 Å². The predicted molar refractivity (Wildman–Crippen MR) is 73.3 cm³/mol. The number of nitrogens with zero attached hydrogens (tertiary/aromatic N) is 1. The first-order valence-corrected chi connectivity index (χ1v) is 7.69. The normalized spacial score (nSPS) is 28.0. The van der Waals surface area contributed by atoms with Crippen LogP contribution < -0.4 is 0 Å². The lowest BCUT2D eigenvalue weighted by Crippen LogP contribution is -2.72. The summed E-state index contributed by atoms with van der Waals surface area (Å²) in [5.74, 6) is -23.0. The number of fused-ring (bicyclic) bond motifs is 1. The van der Waals surface area contributed by atoms with Gasteiger partial charge in [0.25, 0.3) is 5.92 Å². The van der Waals surface area contributed by atoms with Crippen molar-refractivity contribution in [1.29, 1.82) is 0 Å². The number of carbonyl (C=O) groups is 1. The molecule has 1 unspecified atom stereocenters. The van der Waals surface area contributed by atoms with Gasteiger partial charge in [0.15, 0.2) is 0 Å². The summed E-state index contributed by atoms with van der Waals surface area (Å²) in [6, 6.07) is -5.42. The van der Waals surface area contributed by atoms with Gasteiger partial charge in [0.05, 0.1) is 0 Å². The summed E-state index contributed by atoms with van der Waals surface area (Å²) in [7, 11) is 0. The number of unbranched alkanes of at least 4 members (excludes halogenated alkanes) is 2. The van der Waals surface area contributed by atoms with Gasteiger partial charge in [-0.2, -0.15) is 26.3 Å². The van der Waals surface area contributed by atoms with E-state index in [9.17, 15) is 39.9 Å². The molecule has 1 atom stereocenters. The number of rotatable bonds is 5. The van der Waals surface area contributed by atoms with E-state index < -0.39 is 58.4 Å². The number of hydrogen-bond donors (Lipinski definition) is 1. The Labute approximate surface area is 142 Å². The van der Waals surface area contributed by atoms with Gasteiger partial charge in [-0.3, -0.25) is 0 Å². The van der Waals surface area contributed by atoms with Crippen LogP contribution in [-0.2, 0) is 4.79 Å². The lowest BCUT2D eigenvalue weighted by atomic mass is 9.75. The molecule has 1 heterocycles. The summed E-state index contributed by atoms with van der Waals surface area (Å²) in [6.45, 7) is 0.803. The summed E-state index contributed by atoms with van der Waals surface area (Å²) in [5.41, 5.74) is -3.27. The molecule has 2 rings (SSSR count). The molecule has 0 saturated carbocycles. The fourth-order valence-corrected chi connectivity index (χ4v) is 3.09. The molecule has 2 aliphatic rings. The first-order chi connectivity index (χ1) is 11.7. The number of carboxylic acid groups (broad SMARTS) is 1. The summed E-state index contributed by atoms with van der Waals surface area (Å²) in [4.78, 5) is 10.4. The van der Waals surface area contributed by atoms with Gasteiger partial charge in [0.2, 0.25) is 0 Å².